The predicted octanol–water partition coefficient (Wildman–Crippen LogP) is 2.15. The van der Waals surface area contributed by atoms with Gasteiger partial charge in [0.05, 0.1) is 25.2 Å². The molecule has 0 radical (unpaired) electrons. The quantitative estimate of drug-likeness (QED) is 0.382. The third-order valence-corrected chi connectivity index (χ3v) is 6.51. The van der Waals surface area contributed by atoms with Crippen molar-refractivity contribution in [1.82, 2.24) is 34.5 Å². The second-order valence-electron chi connectivity index (χ2n) is 9.07. The molecule has 2 N–H and O–H groups in total. The van der Waals surface area contributed by atoms with Gasteiger partial charge in [-0.25, -0.2) is 22.4 Å². The molecule has 1 unspecified atom stereocenters. The fourth-order valence-corrected chi connectivity index (χ4v) is 4.67. The Balaban J connectivity index is 1.46. The van der Waals surface area contributed by atoms with E-state index in [1.807, 2.05) is 0 Å². The highest BCUT2D eigenvalue weighted by Gasteiger charge is 2.42. The highest BCUT2D eigenvalue weighted by atomic mass is 19.3. The van der Waals surface area contributed by atoms with Crippen LogP contribution in [0.25, 0.3) is 27.7 Å². The smallest absolute Gasteiger partial charge is 0.258 e. The van der Waals surface area contributed by atoms with Crippen LogP contribution < -0.4 is 10.1 Å². The Morgan fingerprint density at radius 1 is 1.35 bits per heavy atom. The maximum Gasteiger partial charge on any atom is 0.258 e. The number of benzene rings is 1. The molecule has 37 heavy (non-hydrogen) atoms. The normalized spacial score (nSPS) is 20.2. The standard InChI is InChI=1S/C23H25F3N8O3/c1-23(26)12-32(19(36)11-35)7-6-17(23)27-22-28-21(37-2)20-14(5-8-33(20)30-22)13-3-4-15-16(9-13)34(31-29-15)10-18(24)25/h3-5,8-9,17-18,35H,6-7,10-12H2,1-2H3,(H,27,30)/t17-,23?/m1/s1. The lowest BCUT2D eigenvalue weighted by Gasteiger charge is -2.41. The first-order valence-electron chi connectivity index (χ1n) is 11.6. The number of aromatic nitrogens is 6. The molecule has 196 valence electrons. The lowest BCUT2D eigenvalue weighted by molar-refractivity contribution is -0.138. The van der Waals surface area contributed by atoms with Crippen molar-refractivity contribution in [2.24, 2.45) is 0 Å². The summed E-state index contributed by atoms with van der Waals surface area (Å²) < 4.78 is 49.5. The van der Waals surface area contributed by atoms with Gasteiger partial charge in [0.2, 0.25) is 17.7 Å². The molecule has 5 rings (SSSR count). The summed E-state index contributed by atoms with van der Waals surface area (Å²) in [7, 11) is 1.45. The van der Waals surface area contributed by atoms with Crippen molar-refractivity contribution in [1.29, 1.82) is 0 Å². The van der Waals surface area contributed by atoms with Crippen LogP contribution >= 0.6 is 0 Å². The summed E-state index contributed by atoms with van der Waals surface area (Å²) in [5.41, 5.74) is 1.09. The van der Waals surface area contributed by atoms with Crippen molar-refractivity contribution < 1.29 is 27.8 Å². The molecule has 11 nitrogen and oxygen atoms in total. The number of carbonyl (C=O) groups is 1. The number of hydrogen-bond acceptors (Lipinski definition) is 8. The fourth-order valence-electron chi connectivity index (χ4n) is 4.67. The maximum absolute atomic E-state index is 15.4. The first kappa shape index (κ1) is 24.7. The van der Waals surface area contributed by atoms with E-state index in [2.05, 4.69) is 25.7 Å². The van der Waals surface area contributed by atoms with Gasteiger partial charge in [-0.2, -0.15) is 4.98 Å². The second kappa shape index (κ2) is 9.50. The van der Waals surface area contributed by atoms with Crippen LogP contribution in [0.4, 0.5) is 19.1 Å². The molecule has 0 spiro atoms. The van der Waals surface area contributed by atoms with Gasteiger partial charge >= 0.3 is 0 Å². The van der Waals surface area contributed by atoms with E-state index in [1.54, 1.807) is 35.0 Å². The van der Waals surface area contributed by atoms with Gasteiger partial charge in [-0.05, 0) is 37.1 Å². The number of fused-ring (bicyclic) bond motifs is 2. The molecular weight excluding hydrogens is 493 g/mol. The molecule has 0 saturated carbocycles. The van der Waals surface area contributed by atoms with Gasteiger partial charge in [0.1, 0.15) is 29.9 Å². The van der Waals surface area contributed by atoms with Crippen LogP contribution in [0.3, 0.4) is 0 Å². The summed E-state index contributed by atoms with van der Waals surface area (Å²) in [6.45, 7) is 0.256. The third-order valence-electron chi connectivity index (χ3n) is 6.51. The third kappa shape index (κ3) is 4.63. The monoisotopic (exact) mass is 518 g/mol. The molecule has 4 heterocycles. The van der Waals surface area contributed by atoms with Crippen LogP contribution in [0.15, 0.2) is 30.5 Å². The number of methoxy groups -OCH3 is 1. The van der Waals surface area contributed by atoms with Gasteiger partial charge in [0, 0.05) is 18.3 Å². The fraction of sp³-hybridized carbons (Fsp3) is 0.435. The van der Waals surface area contributed by atoms with Crippen molar-refractivity contribution in [3.05, 3.63) is 30.5 Å². The highest BCUT2D eigenvalue weighted by Crippen LogP contribution is 2.34. The van der Waals surface area contributed by atoms with E-state index in [4.69, 9.17) is 9.84 Å². The number of aliphatic hydroxyl groups is 1. The minimum Gasteiger partial charge on any atom is -0.479 e. The number of anilines is 1. The lowest BCUT2D eigenvalue weighted by Crippen LogP contribution is -2.57. The van der Waals surface area contributed by atoms with Crippen LogP contribution in [-0.2, 0) is 11.3 Å². The topological polar surface area (TPSA) is 123 Å². The Morgan fingerprint density at radius 3 is 2.86 bits per heavy atom. The Bertz CT molecular complexity index is 1450. The van der Waals surface area contributed by atoms with E-state index in [0.717, 1.165) is 4.68 Å². The summed E-state index contributed by atoms with van der Waals surface area (Å²) in [6, 6.07) is 6.31. The van der Waals surface area contributed by atoms with E-state index in [0.29, 0.717) is 34.1 Å². The molecule has 1 aliphatic rings. The number of alkyl halides is 3. The number of ether oxygens (including phenoxy) is 1. The van der Waals surface area contributed by atoms with E-state index in [-0.39, 0.29) is 24.9 Å². The number of hydrogen-bond donors (Lipinski definition) is 2. The number of halogens is 3. The molecular formula is C23H25F3N8O3. The van der Waals surface area contributed by atoms with Crippen LogP contribution in [0.5, 0.6) is 5.88 Å². The Kier molecular flexibility index (Phi) is 6.35. The molecule has 1 amide bonds. The molecule has 1 aliphatic heterocycles. The Hall–Kier alpha value is -3.94. The molecule has 0 aliphatic carbocycles. The van der Waals surface area contributed by atoms with Gasteiger partial charge in [-0.1, -0.05) is 11.3 Å². The average molecular weight is 519 g/mol. The first-order valence-corrected chi connectivity index (χ1v) is 11.6. The summed E-state index contributed by atoms with van der Waals surface area (Å²) in [5, 5.41) is 24.3. The highest BCUT2D eigenvalue weighted by molar-refractivity contribution is 5.89. The number of carbonyl (C=O) groups excluding carboxylic acids is 1. The second-order valence-corrected chi connectivity index (χ2v) is 9.07. The van der Waals surface area contributed by atoms with Crippen molar-refractivity contribution in [2.45, 2.75) is 38.0 Å². The summed E-state index contributed by atoms with van der Waals surface area (Å²) in [5.74, 6) is -0.157. The zero-order chi connectivity index (χ0) is 26.3. The van der Waals surface area contributed by atoms with Gasteiger partial charge < -0.3 is 20.1 Å². The molecule has 1 aromatic carbocycles. The lowest BCUT2D eigenvalue weighted by atomic mass is 9.90. The molecule has 2 atom stereocenters. The van der Waals surface area contributed by atoms with E-state index in [9.17, 15) is 13.6 Å². The van der Waals surface area contributed by atoms with Crippen LogP contribution in [0.2, 0.25) is 0 Å². The maximum atomic E-state index is 15.4. The van der Waals surface area contributed by atoms with Crippen molar-refractivity contribution in [3.63, 3.8) is 0 Å². The number of aliphatic hydroxyl groups excluding tert-OH is 1. The number of nitrogens with zero attached hydrogens (tertiary/aromatic N) is 7. The van der Waals surface area contributed by atoms with Crippen LogP contribution in [0.1, 0.15) is 13.3 Å². The van der Waals surface area contributed by atoms with Gasteiger partial charge in [-0.15, -0.1) is 10.2 Å². The van der Waals surface area contributed by atoms with Crippen molar-refractivity contribution >= 4 is 28.4 Å². The number of nitrogens with one attached hydrogen (secondary N) is 1. The van der Waals surface area contributed by atoms with E-state index < -0.39 is 37.2 Å². The van der Waals surface area contributed by atoms with Crippen molar-refractivity contribution in [2.75, 3.05) is 32.1 Å². The number of piperidine rings is 1. The van der Waals surface area contributed by atoms with Gasteiger partial charge in [-0.3, -0.25) is 4.79 Å². The van der Waals surface area contributed by atoms with Gasteiger partial charge in [0.25, 0.3) is 6.43 Å². The first-order chi connectivity index (χ1) is 17.7. The molecule has 1 saturated heterocycles. The largest absolute Gasteiger partial charge is 0.479 e. The molecule has 1 fully saturated rings. The molecule has 4 aromatic rings. The number of amides is 1. The number of likely N-dealkylation sites (tertiary alicyclic amines) is 1. The SMILES string of the molecule is COc1nc(N[C@@H]2CCN(C(=O)CO)CC2(C)F)nn2ccc(-c3ccc4nnn(CC(F)F)c4c3)c12. The summed E-state index contributed by atoms with van der Waals surface area (Å²) in [4.78, 5) is 17.5. The minimum atomic E-state index is -2.57. The Morgan fingerprint density at radius 2 is 2.16 bits per heavy atom. The zero-order valence-electron chi connectivity index (χ0n) is 20.1. The van der Waals surface area contributed by atoms with Crippen LogP contribution in [-0.4, -0.2) is 90.4 Å². The van der Waals surface area contributed by atoms with Crippen molar-refractivity contribution in [3.8, 4) is 17.0 Å². The Labute approximate surface area is 208 Å². The molecule has 0 bridgehead atoms. The molecule has 3 aromatic heterocycles. The average Bonchev–Trinajstić information content (AvgIpc) is 3.47. The summed E-state index contributed by atoms with van der Waals surface area (Å²) in [6.07, 6.45) is -0.590. The molecule has 14 heteroatoms. The predicted molar refractivity (Wildman–Crippen MR) is 127 cm³/mol. The van der Waals surface area contributed by atoms with E-state index in [1.165, 1.54) is 18.9 Å². The minimum absolute atomic E-state index is 0.136. The number of rotatable bonds is 7. The van der Waals surface area contributed by atoms with Gasteiger partial charge in [0.15, 0.2) is 0 Å². The summed E-state index contributed by atoms with van der Waals surface area (Å²) >= 11 is 0. The van der Waals surface area contributed by atoms with E-state index >= 15 is 4.39 Å². The zero-order valence-corrected chi connectivity index (χ0v) is 20.1. The van der Waals surface area contributed by atoms with Crippen LogP contribution in [0, 0.1) is 0 Å².